The van der Waals surface area contributed by atoms with Gasteiger partial charge in [0.2, 0.25) is 0 Å². The second-order valence-electron chi connectivity index (χ2n) is 3.84. The molecule has 0 amide bonds. The molecular weight excluding hydrogens is 222 g/mol. The lowest BCUT2D eigenvalue weighted by Crippen LogP contribution is -2.29. The average molecular weight is 230 g/mol. The van der Waals surface area contributed by atoms with E-state index >= 15 is 0 Å². The van der Waals surface area contributed by atoms with Crippen LogP contribution in [0.25, 0.3) is 21.9 Å². The van der Waals surface area contributed by atoms with Crippen molar-refractivity contribution in [1.29, 1.82) is 0 Å². The molecule has 1 aromatic heterocycles. The first-order chi connectivity index (χ1) is 8.16. The molecule has 17 heavy (non-hydrogen) atoms. The fourth-order valence-electron chi connectivity index (χ4n) is 2.00. The molecule has 0 radical (unpaired) electrons. The van der Waals surface area contributed by atoms with Crippen molar-refractivity contribution in [2.45, 2.75) is 0 Å². The van der Waals surface area contributed by atoms with Gasteiger partial charge in [0, 0.05) is 16.2 Å². The van der Waals surface area contributed by atoms with Gasteiger partial charge in [0.15, 0.2) is 0 Å². The zero-order valence-electron chi connectivity index (χ0n) is 8.72. The molecule has 3 aromatic rings. The van der Waals surface area contributed by atoms with Crippen LogP contribution < -0.4 is 5.46 Å². The zero-order valence-corrected chi connectivity index (χ0v) is 8.72. The maximum atomic E-state index is 13.2. The standard InChI is InChI=1S/C12H8BFO3/c14-7-4-5-11-9(6-7)8-2-1-3-10(13(15)16)12(8)17-11/h1-6,15-16H. The van der Waals surface area contributed by atoms with Crippen molar-refractivity contribution in [3.63, 3.8) is 0 Å². The normalized spacial score (nSPS) is 11.2. The molecule has 3 rings (SSSR count). The Labute approximate surface area is 96.2 Å². The molecule has 5 heteroatoms. The molecule has 0 spiro atoms. The number of halogens is 1. The van der Waals surface area contributed by atoms with Gasteiger partial charge in [0.25, 0.3) is 0 Å². The van der Waals surface area contributed by atoms with Crippen molar-refractivity contribution in [3.05, 3.63) is 42.2 Å². The van der Waals surface area contributed by atoms with Crippen LogP contribution in [-0.2, 0) is 0 Å². The fourth-order valence-corrected chi connectivity index (χ4v) is 2.00. The monoisotopic (exact) mass is 230 g/mol. The Kier molecular flexibility index (Phi) is 2.17. The van der Waals surface area contributed by atoms with Crippen molar-refractivity contribution in [1.82, 2.24) is 0 Å². The van der Waals surface area contributed by atoms with Gasteiger partial charge in [-0.25, -0.2) is 4.39 Å². The highest BCUT2D eigenvalue weighted by molar-refractivity contribution is 6.61. The summed E-state index contributed by atoms with van der Waals surface area (Å²) in [5.74, 6) is -0.352. The predicted octanol–water partition coefficient (Wildman–Crippen LogP) is 1.40. The highest BCUT2D eigenvalue weighted by Gasteiger charge is 2.18. The van der Waals surface area contributed by atoms with E-state index in [-0.39, 0.29) is 11.3 Å². The van der Waals surface area contributed by atoms with Gasteiger partial charge < -0.3 is 14.5 Å². The van der Waals surface area contributed by atoms with Crippen molar-refractivity contribution in [2.75, 3.05) is 0 Å². The first kappa shape index (κ1) is 10.3. The van der Waals surface area contributed by atoms with Crippen LogP contribution in [0.4, 0.5) is 4.39 Å². The Morgan fingerprint density at radius 2 is 1.88 bits per heavy atom. The average Bonchev–Trinajstić information content (AvgIpc) is 2.66. The maximum absolute atomic E-state index is 13.2. The van der Waals surface area contributed by atoms with Crippen LogP contribution in [0.5, 0.6) is 0 Å². The summed E-state index contributed by atoms with van der Waals surface area (Å²) in [5, 5.41) is 19.7. The maximum Gasteiger partial charge on any atom is 0.492 e. The SMILES string of the molecule is OB(O)c1cccc2c1oc1ccc(F)cc12. The Bertz CT molecular complexity index is 705. The van der Waals surface area contributed by atoms with Gasteiger partial charge in [-0.05, 0) is 18.2 Å². The molecule has 2 aromatic carbocycles. The van der Waals surface area contributed by atoms with E-state index in [2.05, 4.69) is 0 Å². The molecule has 0 atom stereocenters. The molecule has 0 fully saturated rings. The second kappa shape index (κ2) is 3.58. The number of fused-ring (bicyclic) bond motifs is 3. The number of furan rings is 1. The molecule has 0 aliphatic carbocycles. The molecule has 0 aliphatic rings. The first-order valence-electron chi connectivity index (χ1n) is 5.13. The van der Waals surface area contributed by atoms with Gasteiger partial charge in [-0.15, -0.1) is 0 Å². The Morgan fingerprint density at radius 1 is 1.06 bits per heavy atom. The summed E-state index contributed by atoms with van der Waals surface area (Å²) in [5.41, 5.74) is 1.18. The third-order valence-electron chi connectivity index (χ3n) is 2.77. The Balaban J connectivity index is 2.47. The van der Waals surface area contributed by atoms with E-state index in [1.807, 2.05) is 0 Å². The van der Waals surface area contributed by atoms with Gasteiger partial charge in [-0.2, -0.15) is 0 Å². The summed E-state index contributed by atoms with van der Waals surface area (Å²) in [6.45, 7) is 0. The Hall–Kier alpha value is -1.85. The number of hydrogen-bond acceptors (Lipinski definition) is 3. The van der Waals surface area contributed by atoms with Gasteiger partial charge >= 0.3 is 7.12 Å². The Morgan fingerprint density at radius 3 is 2.65 bits per heavy atom. The van der Waals surface area contributed by atoms with Crippen LogP contribution in [0.2, 0.25) is 0 Å². The molecule has 1 heterocycles. The van der Waals surface area contributed by atoms with Gasteiger partial charge in [-0.1, -0.05) is 18.2 Å². The van der Waals surface area contributed by atoms with E-state index in [0.29, 0.717) is 21.9 Å². The smallest absolute Gasteiger partial charge is 0.456 e. The molecule has 0 bridgehead atoms. The number of rotatable bonds is 1. The third kappa shape index (κ3) is 1.51. The summed E-state index contributed by atoms with van der Waals surface area (Å²) < 4.78 is 18.7. The van der Waals surface area contributed by atoms with Crippen LogP contribution in [0.1, 0.15) is 0 Å². The van der Waals surface area contributed by atoms with Crippen molar-refractivity contribution in [2.24, 2.45) is 0 Å². The number of benzene rings is 2. The molecule has 0 aliphatic heterocycles. The van der Waals surface area contributed by atoms with E-state index in [1.54, 1.807) is 18.2 Å². The summed E-state index contributed by atoms with van der Waals surface area (Å²) in [7, 11) is -1.61. The number of para-hydroxylation sites is 1. The van der Waals surface area contributed by atoms with E-state index in [1.165, 1.54) is 18.2 Å². The minimum Gasteiger partial charge on any atom is -0.456 e. The second-order valence-corrected chi connectivity index (χ2v) is 3.84. The predicted molar refractivity (Wildman–Crippen MR) is 63.5 cm³/mol. The fraction of sp³-hybridized carbons (Fsp3) is 0. The van der Waals surface area contributed by atoms with Crippen LogP contribution in [-0.4, -0.2) is 17.2 Å². The van der Waals surface area contributed by atoms with Gasteiger partial charge in [-0.3, -0.25) is 0 Å². The third-order valence-corrected chi connectivity index (χ3v) is 2.77. The minimum absolute atomic E-state index is 0.277. The van der Waals surface area contributed by atoms with Gasteiger partial charge in [0.1, 0.15) is 17.0 Å². The lowest BCUT2D eigenvalue weighted by Gasteiger charge is -1.98. The molecule has 2 N–H and O–H groups in total. The molecule has 0 unspecified atom stereocenters. The van der Waals surface area contributed by atoms with Crippen LogP contribution >= 0.6 is 0 Å². The zero-order chi connectivity index (χ0) is 12.0. The van der Waals surface area contributed by atoms with Gasteiger partial charge in [0.05, 0.1) is 0 Å². The molecule has 0 saturated heterocycles. The summed E-state index contributed by atoms with van der Waals surface area (Å²) in [6.07, 6.45) is 0. The summed E-state index contributed by atoms with van der Waals surface area (Å²) in [4.78, 5) is 0. The lowest BCUT2D eigenvalue weighted by atomic mass is 9.79. The molecule has 0 saturated carbocycles. The topological polar surface area (TPSA) is 53.6 Å². The number of hydrogen-bond donors (Lipinski definition) is 2. The lowest BCUT2D eigenvalue weighted by molar-refractivity contribution is 0.425. The molecule has 3 nitrogen and oxygen atoms in total. The van der Waals surface area contributed by atoms with Crippen LogP contribution in [0, 0.1) is 5.82 Å². The highest BCUT2D eigenvalue weighted by Crippen LogP contribution is 2.28. The van der Waals surface area contributed by atoms with E-state index < -0.39 is 7.12 Å². The first-order valence-corrected chi connectivity index (χ1v) is 5.13. The van der Waals surface area contributed by atoms with Crippen LogP contribution in [0.3, 0.4) is 0 Å². The largest absolute Gasteiger partial charge is 0.492 e. The van der Waals surface area contributed by atoms with E-state index in [4.69, 9.17) is 4.42 Å². The van der Waals surface area contributed by atoms with E-state index in [0.717, 1.165) is 0 Å². The minimum atomic E-state index is -1.61. The summed E-state index contributed by atoms with van der Waals surface area (Å²) >= 11 is 0. The highest BCUT2D eigenvalue weighted by atomic mass is 19.1. The summed E-state index contributed by atoms with van der Waals surface area (Å²) in [6, 6.07) is 9.20. The van der Waals surface area contributed by atoms with Crippen molar-refractivity contribution >= 4 is 34.5 Å². The molecular formula is C12H8BFO3. The quantitative estimate of drug-likeness (QED) is 0.621. The molecule has 84 valence electrons. The van der Waals surface area contributed by atoms with E-state index in [9.17, 15) is 14.4 Å². The van der Waals surface area contributed by atoms with Crippen molar-refractivity contribution in [3.8, 4) is 0 Å². The van der Waals surface area contributed by atoms with Crippen molar-refractivity contribution < 1.29 is 18.9 Å². The van der Waals surface area contributed by atoms with Crippen LogP contribution in [0.15, 0.2) is 40.8 Å².